The molecule has 0 aliphatic carbocycles. The van der Waals surface area contributed by atoms with E-state index >= 15 is 0 Å². The lowest BCUT2D eigenvalue weighted by Gasteiger charge is -2.25. The van der Waals surface area contributed by atoms with Gasteiger partial charge in [0.25, 0.3) is 0 Å². The molecule has 0 atom stereocenters. The maximum absolute atomic E-state index is 11.6. The zero-order valence-corrected chi connectivity index (χ0v) is 10.2. The van der Waals surface area contributed by atoms with E-state index in [1.165, 1.54) is 7.05 Å². The Kier molecular flexibility index (Phi) is 4.03. The Morgan fingerprint density at radius 3 is 2.71 bits per heavy atom. The van der Waals surface area contributed by atoms with Gasteiger partial charge in [0.2, 0.25) is 0 Å². The number of rotatable bonds is 2. The Bertz CT molecular complexity index is 413. The molecule has 0 fully saturated rings. The fraction of sp³-hybridized carbons (Fsp3) is 0.364. The Hall–Kier alpha value is -2.11. The van der Waals surface area contributed by atoms with Crippen LogP contribution in [0.5, 0.6) is 0 Å². The third-order valence-corrected chi connectivity index (χ3v) is 2.21. The zero-order chi connectivity index (χ0) is 12.9. The number of urea groups is 1. The molecule has 1 aromatic heterocycles. The second-order valence-electron chi connectivity index (χ2n) is 4.03. The first-order chi connectivity index (χ1) is 7.95. The van der Waals surface area contributed by atoms with Crippen molar-refractivity contribution in [2.75, 3.05) is 7.05 Å². The summed E-state index contributed by atoms with van der Waals surface area (Å²) in [7, 11) is 1.50. The number of nitrogens with one attached hydrogen (secondary N) is 2. The molecule has 0 saturated carbocycles. The highest BCUT2D eigenvalue weighted by molar-refractivity contribution is 5.95. The van der Waals surface area contributed by atoms with Crippen LogP contribution in [0.2, 0.25) is 0 Å². The van der Waals surface area contributed by atoms with Crippen molar-refractivity contribution in [2.24, 2.45) is 10.7 Å². The van der Waals surface area contributed by atoms with E-state index < -0.39 is 11.6 Å². The fourth-order valence-electron chi connectivity index (χ4n) is 1.28. The van der Waals surface area contributed by atoms with Crippen LogP contribution < -0.4 is 16.4 Å². The molecule has 0 aliphatic rings. The average Bonchev–Trinajstić information content (AvgIpc) is 2.29. The maximum Gasteiger partial charge on any atom is 0.322 e. The number of nitrogens with two attached hydrogens (primary N) is 1. The van der Waals surface area contributed by atoms with Crippen molar-refractivity contribution >= 4 is 12.0 Å². The van der Waals surface area contributed by atoms with Crippen LogP contribution in [0.25, 0.3) is 0 Å². The number of hydrogen-bond donors (Lipinski definition) is 3. The standard InChI is InChI=1S/C11H17N5O/c1-11(2,8-6-4-5-7-14-8)16-10(17)15-9(12)13-3/h4-7H,1-3H3,(H4,12,13,15,16,17). The van der Waals surface area contributed by atoms with Crippen LogP contribution in [0.3, 0.4) is 0 Å². The lowest BCUT2D eigenvalue weighted by Crippen LogP contribution is -2.50. The normalized spacial score (nSPS) is 12.1. The molecule has 1 rings (SSSR count). The number of carbonyl (C=O) groups excluding carboxylic acids is 1. The molecule has 0 unspecified atom stereocenters. The fourth-order valence-corrected chi connectivity index (χ4v) is 1.28. The summed E-state index contributed by atoms with van der Waals surface area (Å²) in [6.45, 7) is 3.71. The molecule has 17 heavy (non-hydrogen) atoms. The van der Waals surface area contributed by atoms with Crippen LogP contribution in [0, 0.1) is 0 Å². The second-order valence-corrected chi connectivity index (χ2v) is 4.03. The highest BCUT2D eigenvalue weighted by atomic mass is 16.2. The van der Waals surface area contributed by atoms with E-state index in [-0.39, 0.29) is 5.96 Å². The lowest BCUT2D eigenvalue weighted by atomic mass is 10.0. The van der Waals surface area contributed by atoms with Gasteiger partial charge in [-0.05, 0) is 26.0 Å². The highest BCUT2D eigenvalue weighted by Crippen LogP contribution is 2.16. The first kappa shape index (κ1) is 13.0. The van der Waals surface area contributed by atoms with Gasteiger partial charge < -0.3 is 11.1 Å². The van der Waals surface area contributed by atoms with Gasteiger partial charge in [-0.2, -0.15) is 0 Å². The minimum Gasteiger partial charge on any atom is -0.370 e. The molecule has 0 aromatic carbocycles. The van der Waals surface area contributed by atoms with Gasteiger partial charge in [0.1, 0.15) is 0 Å². The zero-order valence-electron chi connectivity index (χ0n) is 10.2. The molecule has 0 spiro atoms. The number of pyridine rings is 1. The molecule has 6 nitrogen and oxygen atoms in total. The summed E-state index contributed by atoms with van der Waals surface area (Å²) in [4.78, 5) is 19.4. The van der Waals surface area contributed by atoms with Crippen LogP contribution in [0.4, 0.5) is 4.79 Å². The van der Waals surface area contributed by atoms with E-state index in [1.807, 2.05) is 32.0 Å². The summed E-state index contributed by atoms with van der Waals surface area (Å²) in [5.74, 6) is 0.0688. The van der Waals surface area contributed by atoms with Crippen molar-refractivity contribution in [3.8, 4) is 0 Å². The molecule has 0 saturated heterocycles. The van der Waals surface area contributed by atoms with Crippen LogP contribution in [0.1, 0.15) is 19.5 Å². The van der Waals surface area contributed by atoms with Crippen LogP contribution in [0.15, 0.2) is 29.4 Å². The molecule has 1 aromatic rings. The highest BCUT2D eigenvalue weighted by Gasteiger charge is 2.24. The van der Waals surface area contributed by atoms with Gasteiger partial charge >= 0.3 is 6.03 Å². The summed E-state index contributed by atoms with van der Waals surface area (Å²) < 4.78 is 0. The monoisotopic (exact) mass is 235 g/mol. The van der Waals surface area contributed by atoms with Gasteiger partial charge in [-0.25, -0.2) is 4.79 Å². The maximum atomic E-state index is 11.6. The predicted molar refractivity (Wildman–Crippen MR) is 66.5 cm³/mol. The molecule has 0 radical (unpaired) electrons. The van der Waals surface area contributed by atoms with Crippen molar-refractivity contribution in [3.63, 3.8) is 0 Å². The molecule has 6 heteroatoms. The van der Waals surface area contributed by atoms with Gasteiger partial charge in [-0.15, -0.1) is 0 Å². The molecule has 0 aliphatic heterocycles. The SMILES string of the molecule is CN=C(N)NC(=O)NC(C)(C)c1ccccn1. The summed E-state index contributed by atoms with van der Waals surface area (Å²) in [6, 6.07) is 5.12. The minimum absolute atomic E-state index is 0.0688. The van der Waals surface area contributed by atoms with Crippen molar-refractivity contribution in [2.45, 2.75) is 19.4 Å². The van der Waals surface area contributed by atoms with Crippen LogP contribution >= 0.6 is 0 Å². The summed E-state index contributed by atoms with van der Waals surface area (Å²) in [6.07, 6.45) is 1.68. The number of amides is 2. The third kappa shape index (κ3) is 3.75. The topological polar surface area (TPSA) is 92.4 Å². The number of carbonyl (C=O) groups is 1. The van der Waals surface area contributed by atoms with E-state index in [1.54, 1.807) is 6.20 Å². The third-order valence-electron chi connectivity index (χ3n) is 2.21. The van der Waals surface area contributed by atoms with Crippen molar-refractivity contribution in [3.05, 3.63) is 30.1 Å². The molecular weight excluding hydrogens is 218 g/mol. The van der Waals surface area contributed by atoms with Gasteiger partial charge in [0, 0.05) is 13.2 Å². The van der Waals surface area contributed by atoms with Gasteiger partial charge in [-0.1, -0.05) is 6.07 Å². The van der Waals surface area contributed by atoms with Gasteiger partial charge in [0.05, 0.1) is 11.2 Å². The predicted octanol–water partition coefficient (Wildman–Crippen LogP) is 0.560. The van der Waals surface area contributed by atoms with E-state index in [0.29, 0.717) is 0 Å². The molecule has 92 valence electrons. The van der Waals surface area contributed by atoms with E-state index in [0.717, 1.165) is 5.69 Å². The summed E-state index contributed by atoms with van der Waals surface area (Å²) in [5, 5.41) is 5.17. The Balaban J connectivity index is 2.70. The van der Waals surface area contributed by atoms with Gasteiger partial charge in [0.15, 0.2) is 5.96 Å². The number of aromatic nitrogens is 1. The first-order valence-electron chi connectivity index (χ1n) is 5.18. The molecule has 4 N–H and O–H groups in total. The molecule has 1 heterocycles. The quantitative estimate of drug-likeness (QED) is 0.516. The molecule has 0 bridgehead atoms. The van der Waals surface area contributed by atoms with Crippen molar-refractivity contribution < 1.29 is 4.79 Å². The Morgan fingerprint density at radius 1 is 1.47 bits per heavy atom. The van der Waals surface area contributed by atoms with Crippen molar-refractivity contribution in [1.29, 1.82) is 0 Å². The molecular formula is C11H17N5O. The van der Waals surface area contributed by atoms with E-state index in [2.05, 4.69) is 20.6 Å². The summed E-state index contributed by atoms with van der Waals surface area (Å²) >= 11 is 0. The van der Waals surface area contributed by atoms with Gasteiger partial charge in [-0.3, -0.25) is 15.3 Å². The number of aliphatic imine (C=N–C) groups is 1. The average molecular weight is 235 g/mol. The number of nitrogens with zero attached hydrogens (tertiary/aromatic N) is 2. The minimum atomic E-state index is -0.584. The largest absolute Gasteiger partial charge is 0.370 e. The smallest absolute Gasteiger partial charge is 0.322 e. The number of guanidine groups is 1. The number of hydrogen-bond acceptors (Lipinski definition) is 3. The van der Waals surface area contributed by atoms with Crippen molar-refractivity contribution in [1.82, 2.24) is 15.6 Å². The van der Waals surface area contributed by atoms with Crippen LogP contribution in [-0.2, 0) is 5.54 Å². The first-order valence-corrected chi connectivity index (χ1v) is 5.18. The van der Waals surface area contributed by atoms with E-state index in [9.17, 15) is 4.79 Å². The van der Waals surface area contributed by atoms with Crippen LogP contribution in [-0.4, -0.2) is 24.0 Å². The van der Waals surface area contributed by atoms with E-state index in [4.69, 9.17) is 5.73 Å². The Labute approximate surface area is 100 Å². The molecule has 2 amide bonds. The second kappa shape index (κ2) is 5.29. The lowest BCUT2D eigenvalue weighted by molar-refractivity contribution is 0.234. The summed E-state index contributed by atoms with van der Waals surface area (Å²) in [5.41, 5.74) is 5.58. The Morgan fingerprint density at radius 2 is 2.18 bits per heavy atom.